The number of anilines is 1. The molecule has 0 aliphatic carbocycles. The molecule has 2 aromatic heterocycles. The van der Waals surface area contributed by atoms with Crippen LogP contribution in [0.4, 0.5) is 5.69 Å². The lowest BCUT2D eigenvalue weighted by Gasteiger charge is -2.21. The van der Waals surface area contributed by atoms with Crippen LogP contribution in [-0.2, 0) is 6.54 Å². The van der Waals surface area contributed by atoms with Crippen molar-refractivity contribution < 1.29 is 0 Å². The van der Waals surface area contributed by atoms with E-state index in [0.29, 0.717) is 12.4 Å². The lowest BCUT2D eigenvalue weighted by molar-refractivity contribution is 0.281. The van der Waals surface area contributed by atoms with Gasteiger partial charge < -0.3 is 16.4 Å². The van der Waals surface area contributed by atoms with Gasteiger partial charge in [0.2, 0.25) is 0 Å². The Hall–Kier alpha value is -3.29. The van der Waals surface area contributed by atoms with E-state index in [4.69, 9.17) is 21.5 Å². The standard InChI is InChI=1S/C24H29N7/c1-3-30(4-2)16-21(26)23-27-14-20-22(18-10-12-19(25)13-11-18)29-31(24(20)28-23)15-17-8-6-5-7-9-17/h5-14,21H,3-4,15-16,25-26H2,1-2H3. The lowest BCUT2D eigenvalue weighted by atomic mass is 10.1. The number of nitrogens with two attached hydrogens (primary N) is 2. The van der Waals surface area contributed by atoms with E-state index in [9.17, 15) is 0 Å². The molecule has 2 aromatic carbocycles. The minimum Gasteiger partial charge on any atom is -0.399 e. The molecule has 0 spiro atoms. The molecule has 0 saturated carbocycles. The summed E-state index contributed by atoms with van der Waals surface area (Å²) in [5.41, 5.74) is 16.8. The first-order valence-electron chi connectivity index (χ1n) is 10.7. The Morgan fingerprint density at radius 2 is 1.71 bits per heavy atom. The number of likely N-dealkylation sites (N-methyl/N-ethyl adjacent to an activating group) is 1. The third-order valence-corrected chi connectivity index (χ3v) is 5.55. The van der Waals surface area contributed by atoms with E-state index in [1.54, 1.807) is 0 Å². The van der Waals surface area contributed by atoms with Crippen molar-refractivity contribution in [3.05, 3.63) is 72.2 Å². The van der Waals surface area contributed by atoms with Gasteiger partial charge in [-0.2, -0.15) is 5.10 Å². The molecule has 0 aliphatic heterocycles. The summed E-state index contributed by atoms with van der Waals surface area (Å²) in [6.07, 6.45) is 1.85. The van der Waals surface area contributed by atoms with E-state index in [1.165, 1.54) is 0 Å². The van der Waals surface area contributed by atoms with Crippen LogP contribution in [0.25, 0.3) is 22.3 Å². The Balaban J connectivity index is 1.78. The Kier molecular flexibility index (Phi) is 6.25. The lowest BCUT2D eigenvalue weighted by Crippen LogP contribution is -2.32. The summed E-state index contributed by atoms with van der Waals surface area (Å²) >= 11 is 0. The molecule has 1 unspecified atom stereocenters. The summed E-state index contributed by atoms with van der Waals surface area (Å²) < 4.78 is 1.94. The molecular formula is C24H29N7. The van der Waals surface area contributed by atoms with Crippen LogP contribution in [0.1, 0.15) is 31.3 Å². The van der Waals surface area contributed by atoms with Gasteiger partial charge in [-0.1, -0.05) is 56.3 Å². The number of benzene rings is 2. The van der Waals surface area contributed by atoms with Gasteiger partial charge in [-0.3, -0.25) is 0 Å². The zero-order chi connectivity index (χ0) is 21.8. The minimum atomic E-state index is -0.260. The Bertz CT molecular complexity index is 1130. The third kappa shape index (κ3) is 4.57. The predicted molar refractivity (Wildman–Crippen MR) is 125 cm³/mol. The number of nitrogens with zero attached hydrogens (tertiary/aromatic N) is 5. The van der Waals surface area contributed by atoms with Crippen molar-refractivity contribution >= 4 is 16.7 Å². The van der Waals surface area contributed by atoms with Gasteiger partial charge in [-0.05, 0) is 30.8 Å². The van der Waals surface area contributed by atoms with Gasteiger partial charge >= 0.3 is 0 Å². The first-order chi connectivity index (χ1) is 15.1. The first kappa shape index (κ1) is 21.0. The van der Waals surface area contributed by atoms with E-state index < -0.39 is 0 Å². The zero-order valence-electron chi connectivity index (χ0n) is 18.1. The van der Waals surface area contributed by atoms with Crippen molar-refractivity contribution in [1.82, 2.24) is 24.6 Å². The van der Waals surface area contributed by atoms with Crippen LogP contribution in [0.5, 0.6) is 0 Å². The van der Waals surface area contributed by atoms with Gasteiger partial charge in [0.15, 0.2) is 5.65 Å². The smallest absolute Gasteiger partial charge is 0.162 e. The summed E-state index contributed by atoms with van der Waals surface area (Å²) in [4.78, 5) is 11.8. The maximum Gasteiger partial charge on any atom is 0.162 e. The third-order valence-electron chi connectivity index (χ3n) is 5.55. The van der Waals surface area contributed by atoms with E-state index >= 15 is 0 Å². The monoisotopic (exact) mass is 415 g/mol. The van der Waals surface area contributed by atoms with E-state index in [0.717, 1.165) is 53.2 Å². The van der Waals surface area contributed by atoms with E-state index in [2.05, 4.69) is 35.9 Å². The topological polar surface area (TPSA) is 98.9 Å². The van der Waals surface area contributed by atoms with Crippen LogP contribution in [0.3, 0.4) is 0 Å². The van der Waals surface area contributed by atoms with Gasteiger partial charge in [-0.25, -0.2) is 14.6 Å². The average molecular weight is 416 g/mol. The van der Waals surface area contributed by atoms with Gasteiger partial charge in [0.25, 0.3) is 0 Å². The summed E-state index contributed by atoms with van der Waals surface area (Å²) in [5, 5.41) is 5.80. The zero-order valence-corrected chi connectivity index (χ0v) is 18.1. The van der Waals surface area contributed by atoms with Crippen molar-refractivity contribution in [2.75, 3.05) is 25.4 Å². The highest BCUT2D eigenvalue weighted by molar-refractivity contribution is 5.90. The summed E-state index contributed by atoms with van der Waals surface area (Å²) in [6, 6.07) is 17.7. The van der Waals surface area contributed by atoms with Crippen LogP contribution in [0.15, 0.2) is 60.8 Å². The molecule has 4 aromatic rings. The molecule has 7 nitrogen and oxygen atoms in total. The maximum absolute atomic E-state index is 6.47. The number of hydrogen-bond donors (Lipinski definition) is 2. The van der Waals surface area contributed by atoms with Crippen molar-refractivity contribution in [1.29, 1.82) is 0 Å². The second kappa shape index (κ2) is 9.24. The molecule has 0 saturated heterocycles. The molecule has 0 aliphatic rings. The number of aromatic nitrogens is 4. The van der Waals surface area contributed by atoms with Crippen LogP contribution >= 0.6 is 0 Å². The molecule has 1 atom stereocenters. The highest BCUT2D eigenvalue weighted by Gasteiger charge is 2.19. The van der Waals surface area contributed by atoms with Gasteiger partial charge in [0.05, 0.1) is 18.0 Å². The molecule has 31 heavy (non-hydrogen) atoms. The second-order valence-electron chi connectivity index (χ2n) is 7.67. The normalized spacial score (nSPS) is 12.5. The second-order valence-corrected chi connectivity index (χ2v) is 7.67. The highest BCUT2D eigenvalue weighted by Crippen LogP contribution is 2.28. The van der Waals surface area contributed by atoms with Gasteiger partial charge in [0, 0.05) is 24.0 Å². The number of rotatable bonds is 8. The quantitative estimate of drug-likeness (QED) is 0.428. The fraction of sp³-hybridized carbons (Fsp3) is 0.292. The van der Waals surface area contributed by atoms with Gasteiger partial charge in [0.1, 0.15) is 11.5 Å². The SMILES string of the molecule is CCN(CC)CC(N)c1ncc2c(-c3ccc(N)cc3)nn(Cc3ccccc3)c2n1. The maximum atomic E-state index is 6.47. The van der Waals surface area contributed by atoms with Crippen LogP contribution in [0, 0.1) is 0 Å². The number of hydrogen-bond acceptors (Lipinski definition) is 6. The Morgan fingerprint density at radius 1 is 1.00 bits per heavy atom. The predicted octanol–water partition coefficient (Wildman–Crippen LogP) is 3.47. The van der Waals surface area contributed by atoms with Crippen molar-refractivity contribution in [3.8, 4) is 11.3 Å². The molecule has 4 rings (SSSR count). The summed E-state index contributed by atoms with van der Waals surface area (Å²) in [6.45, 7) is 7.49. The summed E-state index contributed by atoms with van der Waals surface area (Å²) in [7, 11) is 0. The van der Waals surface area contributed by atoms with Crippen molar-refractivity contribution in [3.63, 3.8) is 0 Å². The average Bonchev–Trinajstić information content (AvgIpc) is 3.16. The summed E-state index contributed by atoms with van der Waals surface area (Å²) in [5.74, 6) is 0.637. The molecule has 4 N–H and O–H groups in total. The highest BCUT2D eigenvalue weighted by atomic mass is 15.3. The molecule has 160 valence electrons. The minimum absolute atomic E-state index is 0.260. The molecule has 2 heterocycles. The van der Waals surface area contributed by atoms with Gasteiger partial charge in [-0.15, -0.1) is 0 Å². The van der Waals surface area contributed by atoms with Crippen molar-refractivity contribution in [2.45, 2.75) is 26.4 Å². The van der Waals surface area contributed by atoms with Crippen molar-refractivity contribution in [2.24, 2.45) is 5.73 Å². The molecule has 0 amide bonds. The number of nitrogen functional groups attached to an aromatic ring is 1. The van der Waals surface area contributed by atoms with Crippen LogP contribution in [-0.4, -0.2) is 44.3 Å². The molecule has 0 bridgehead atoms. The van der Waals surface area contributed by atoms with Crippen LogP contribution in [0.2, 0.25) is 0 Å². The molecule has 0 radical (unpaired) electrons. The fourth-order valence-electron chi connectivity index (χ4n) is 3.71. The molecular weight excluding hydrogens is 386 g/mol. The van der Waals surface area contributed by atoms with E-state index in [1.807, 2.05) is 53.3 Å². The largest absolute Gasteiger partial charge is 0.399 e. The Morgan fingerprint density at radius 3 is 2.39 bits per heavy atom. The fourth-order valence-corrected chi connectivity index (χ4v) is 3.71. The Labute approximate surface area is 182 Å². The number of fused-ring (bicyclic) bond motifs is 1. The van der Waals surface area contributed by atoms with E-state index in [-0.39, 0.29) is 6.04 Å². The molecule has 7 heteroatoms. The first-order valence-corrected chi connectivity index (χ1v) is 10.7. The molecule has 0 fully saturated rings. The van der Waals surface area contributed by atoms with Crippen LogP contribution < -0.4 is 11.5 Å².